The number of nitrogens with zero attached hydrogens (tertiary/aromatic N) is 3. The number of halogens is 1. The minimum atomic E-state index is -0.306. The van der Waals surface area contributed by atoms with Gasteiger partial charge in [-0.15, -0.1) is 6.58 Å². The van der Waals surface area contributed by atoms with Crippen molar-refractivity contribution in [2.75, 3.05) is 19.8 Å². The van der Waals surface area contributed by atoms with Gasteiger partial charge in [0.1, 0.15) is 5.69 Å². The minimum absolute atomic E-state index is 0.187. The first kappa shape index (κ1) is 19.4. The lowest BCUT2D eigenvalue weighted by Crippen LogP contribution is -2.29. The van der Waals surface area contributed by atoms with Gasteiger partial charge in [0.05, 0.1) is 12.3 Å². The number of aromatic nitrogens is 3. The summed E-state index contributed by atoms with van der Waals surface area (Å²) in [6, 6.07) is 7.26. The normalized spacial score (nSPS) is 16.2. The number of hydrogen-bond acceptors (Lipinski definition) is 4. The number of carbonyl (C=O) groups is 1. The molecule has 8 heteroatoms. The maximum absolute atomic E-state index is 13.1. The van der Waals surface area contributed by atoms with Gasteiger partial charge in [-0.3, -0.25) is 18.6 Å². The summed E-state index contributed by atoms with van der Waals surface area (Å²) < 4.78 is 8.48. The van der Waals surface area contributed by atoms with E-state index in [-0.39, 0.29) is 22.8 Å². The maximum atomic E-state index is 13.1. The van der Waals surface area contributed by atoms with Crippen LogP contribution in [0.15, 0.2) is 54.1 Å². The lowest BCUT2D eigenvalue weighted by Gasteiger charge is -2.12. The van der Waals surface area contributed by atoms with Crippen molar-refractivity contribution in [3.05, 3.63) is 70.4 Å². The quantitative estimate of drug-likeness (QED) is 0.631. The topological polar surface area (TPSA) is 77.6 Å². The smallest absolute Gasteiger partial charge is 0.295 e. The number of carbonyl (C=O) groups excluding carboxylic acids is 1. The molecule has 3 heterocycles. The molecule has 1 saturated heterocycles. The Morgan fingerprint density at radius 1 is 1.41 bits per heavy atom. The second-order valence-corrected chi connectivity index (χ2v) is 7.46. The maximum Gasteiger partial charge on any atom is 0.295 e. The van der Waals surface area contributed by atoms with Crippen LogP contribution in [0.5, 0.6) is 0 Å². The standard InChI is InChI=1S/C21H21ClN4O3/c1-2-7-26-18(15-4-3-5-16(22)9-15)12-25-11-17(24-19(25)21(26)28)20(27)23-10-14-6-8-29-13-14/h2-5,9,11-12,14H,1,6-8,10,13H2,(H,23,27). The molecule has 0 aliphatic carbocycles. The number of rotatable bonds is 6. The van der Waals surface area contributed by atoms with Crippen molar-refractivity contribution in [3.8, 4) is 11.3 Å². The Morgan fingerprint density at radius 2 is 2.28 bits per heavy atom. The van der Waals surface area contributed by atoms with E-state index in [1.54, 1.807) is 39.6 Å². The van der Waals surface area contributed by atoms with Gasteiger partial charge < -0.3 is 10.1 Å². The van der Waals surface area contributed by atoms with Crippen LogP contribution in [0.1, 0.15) is 16.9 Å². The van der Waals surface area contributed by atoms with Gasteiger partial charge in [-0.2, -0.15) is 0 Å². The van der Waals surface area contributed by atoms with E-state index < -0.39 is 0 Å². The molecule has 1 aromatic carbocycles. The molecule has 29 heavy (non-hydrogen) atoms. The fourth-order valence-electron chi connectivity index (χ4n) is 3.45. The monoisotopic (exact) mass is 412 g/mol. The summed E-state index contributed by atoms with van der Waals surface area (Å²) in [5, 5.41) is 3.45. The zero-order valence-corrected chi connectivity index (χ0v) is 16.6. The Labute approximate surface area is 172 Å². The third kappa shape index (κ3) is 3.97. The highest BCUT2D eigenvalue weighted by Gasteiger charge is 2.19. The summed E-state index contributed by atoms with van der Waals surface area (Å²) >= 11 is 6.13. The molecule has 0 spiro atoms. The van der Waals surface area contributed by atoms with Crippen LogP contribution >= 0.6 is 11.6 Å². The lowest BCUT2D eigenvalue weighted by molar-refractivity contribution is 0.0940. The van der Waals surface area contributed by atoms with E-state index in [9.17, 15) is 9.59 Å². The number of benzene rings is 1. The molecular formula is C21H21ClN4O3. The summed E-state index contributed by atoms with van der Waals surface area (Å²) in [5.74, 6) is 0.00908. The molecule has 2 aromatic heterocycles. The van der Waals surface area contributed by atoms with Gasteiger partial charge in [-0.1, -0.05) is 29.8 Å². The minimum Gasteiger partial charge on any atom is -0.381 e. The van der Waals surface area contributed by atoms with Crippen molar-refractivity contribution in [3.63, 3.8) is 0 Å². The number of amides is 1. The molecule has 1 aliphatic rings. The summed E-state index contributed by atoms with van der Waals surface area (Å²) in [4.78, 5) is 29.9. The van der Waals surface area contributed by atoms with Gasteiger partial charge >= 0.3 is 0 Å². The van der Waals surface area contributed by atoms with E-state index >= 15 is 0 Å². The van der Waals surface area contributed by atoms with Crippen molar-refractivity contribution >= 4 is 23.2 Å². The van der Waals surface area contributed by atoms with Crippen LogP contribution in [0.4, 0.5) is 0 Å². The molecule has 150 valence electrons. The summed E-state index contributed by atoms with van der Waals surface area (Å²) in [6.07, 6.45) is 5.93. The van der Waals surface area contributed by atoms with Crippen LogP contribution in [-0.2, 0) is 11.3 Å². The van der Waals surface area contributed by atoms with Gasteiger partial charge in [0.2, 0.25) is 5.65 Å². The van der Waals surface area contributed by atoms with Crippen LogP contribution in [0, 0.1) is 5.92 Å². The molecule has 1 N–H and O–H groups in total. The molecule has 1 unspecified atom stereocenters. The lowest BCUT2D eigenvalue weighted by atomic mass is 10.1. The Balaban J connectivity index is 1.72. The Bertz CT molecular complexity index is 1130. The number of hydrogen-bond donors (Lipinski definition) is 1. The van der Waals surface area contributed by atoms with E-state index in [1.165, 1.54) is 0 Å². The van der Waals surface area contributed by atoms with Crippen LogP contribution < -0.4 is 10.9 Å². The summed E-state index contributed by atoms with van der Waals surface area (Å²) in [7, 11) is 0. The van der Waals surface area contributed by atoms with Crippen LogP contribution in [0.2, 0.25) is 5.02 Å². The molecule has 1 aliphatic heterocycles. The Hall–Kier alpha value is -2.90. The van der Waals surface area contributed by atoms with Crippen molar-refractivity contribution in [1.29, 1.82) is 0 Å². The number of allylic oxidation sites excluding steroid dienone is 1. The van der Waals surface area contributed by atoms with E-state index in [4.69, 9.17) is 16.3 Å². The molecule has 3 aromatic rings. The predicted molar refractivity (Wildman–Crippen MR) is 111 cm³/mol. The number of imidazole rings is 1. The van der Waals surface area contributed by atoms with E-state index in [0.717, 1.165) is 18.6 Å². The molecule has 1 amide bonds. The summed E-state index contributed by atoms with van der Waals surface area (Å²) in [6.45, 7) is 5.96. The fraction of sp³-hybridized carbons (Fsp3) is 0.286. The molecule has 1 atom stereocenters. The first-order valence-electron chi connectivity index (χ1n) is 9.42. The van der Waals surface area contributed by atoms with Gasteiger partial charge in [0.15, 0.2) is 0 Å². The third-order valence-electron chi connectivity index (χ3n) is 4.96. The van der Waals surface area contributed by atoms with E-state index in [0.29, 0.717) is 36.3 Å². The van der Waals surface area contributed by atoms with Gasteiger partial charge in [-0.05, 0) is 18.6 Å². The molecule has 0 radical (unpaired) electrons. The zero-order valence-electron chi connectivity index (χ0n) is 15.8. The second-order valence-electron chi connectivity index (χ2n) is 7.03. The number of fused-ring (bicyclic) bond motifs is 1. The van der Waals surface area contributed by atoms with Gasteiger partial charge in [-0.25, -0.2) is 4.98 Å². The van der Waals surface area contributed by atoms with Gasteiger partial charge in [0.25, 0.3) is 11.5 Å². The second kappa shape index (κ2) is 8.23. The van der Waals surface area contributed by atoms with Crippen LogP contribution in [0.25, 0.3) is 16.9 Å². The van der Waals surface area contributed by atoms with Gasteiger partial charge in [0, 0.05) is 48.6 Å². The number of nitrogens with one attached hydrogen (secondary N) is 1. The Morgan fingerprint density at radius 3 is 3.00 bits per heavy atom. The molecule has 1 fully saturated rings. The van der Waals surface area contributed by atoms with Crippen molar-refractivity contribution in [2.24, 2.45) is 5.92 Å². The molecule has 0 bridgehead atoms. The highest BCUT2D eigenvalue weighted by Crippen LogP contribution is 2.22. The van der Waals surface area contributed by atoms with Crippen molar-refractivity contribution in [2.45, 2.75) is 13.0 Å². The first-order chi connectivity index (χ1) is 14.1. The average molecular weight is 413 g/mol. The largest absolute Gasteiger partial charge is 0.381 e. The van der Waals surface area contributed by atoms with E-state index in [2.05, 4.69) is 16.9 Å². The van der Waals surface area contributed by atoms with Crippen LogP contribution in [-0.4, -0.2) is 39.6 Å². The highest BCUT2D eigenvalue weighted by molar-refractivity contribution is 6.30. The van der Waals surface area contributed by atoms with Crippen LogP contribution in [0.3, 0.4) is 0 Å². The molecule has 7 nitrogen and oxygen atoms in total. The van der Waals surface area contributed by atoms with Crippen molar-refractivity contribution < 1.29 is 9.53 Å². The SMILES string of the molecule is C=CCn1c(-c2cccc(Cl)c2)cn2cc(C(=O)NCC3CCOC3)nc2c1=O. The summed E-state index contributed by atoms with van der Waals surface area (Å²) in [5.41, 5.74) is 1.55. The van der Waals surface area contributed by atoms with Crippen molar-refractivity contribution in [1.82, 2.24) is 19.3 Å². The third-order valence-corrected chi connectivity index (χ3v) is 5.20. The Kier molecular flexibility index (Phi) is 5.51. The zero-order chi connectivity index (χ0) is 20.4. The predicted octanol–water partition coefficient (Wildman–Crippen LogP) is 2.77. The molecule has 4 rings (SSSR count). The van der Waals surface area contributed by atoms with E-state index in [1.807, 2.05) is 12.1 Å². The molecule has 0 saturated carbocycles. The first-order valence-corrected chi connectivity index (χ1v) is 9.80. The molecular weight excluding hydrogens is 392 g/mol. The number of ether oxygens (including phenoxy) is 1. The average Bonchev–Trinajstić information content (AvgIpc) is 3.38. The highest BCUT2D eigenvalue weighted by atomic mass is 35.5. The fourth-order valence-corrected chi connectivity index (χ4v) is 3.64.